The number of pyridine rings is 1. The van der Waals surface area contributed by atoms with Crippen molar-refractivity contribution in [2.24, 2.45) is 0 Å². The molecule has 0 amide bonds. The van der Waals surface area contributed by atoms with Gasteiger partial charge in [-0.3, -0.25) is 9.13 Å². The lowest BCUT2D eigenvalue weighted by Crippen LogP contribution is -2.74. The van der Waals surface area contributed by atoms with Crippen molar-refractivity contribution >= 4 is 94.4 Å². The third-order valence-electron chi connectivity index (χ3n) is 13.3. The van der Waals surface area contributed by atoms with Crippen molar-refractivity contribution in [3.8, 4) is 22.8 Å². The predicted molar refractivity (Wildman–Crippen MR) is 269 cm³/mol. The van der Waals surface area contributed by atoms with E-state index in [0.29, 0.717) is 0 Å². The lowest BCUT2D eigenvalue weighted by atomic mass is 10.1. The molecule has 0 spiro atoms. The fourth-order valence-corrected chi connectivity index (χ4v) is 15.5. The first-order valence-corrected chi connectivity index (χ1v) is 23.9. The van der Waals surface area contributed by atoms with Crippen molar-refractivity contribution in [3.05, 3.63) is 237 Å². The standard InChI is InChI=1S/C59H39N3OSi/c1-3-20-42(21-4-1)64(43-22-5-2-6-23-43,56-36-18-30-50-49-29-11-16-35-55(49)63-59(50)56)44-24-17-19-40(37-44)41-38-57(61-51-31-12-7-25-45(51)46-26-8-13-32-52(46)61)60-58(39-41)62-53-33-14-9-27-47(53)48-28-10-15-34-54(48)62/h1-39H. The Morgan fingerprint density at radius 3 is 1.28 bits per heavy atom. The summed E-state index contributed by atoms with van der Waals surface area (Å²) in [5, 5.41) is 12.1. The van der Waals surface area contributed by atoms with Gasteiger partial charge in [0.15, 0.2) is 8.07 Å². The van der Waals surface area contributed by atoms with Crippen molar-refractivity contribution in [2.45, 2.75) is 0 Å². The first-order valence-electron chi connectivity index (χ1n) is 21.9. The van der Waals surface area contributed by atoms with E-state index in [1.54, 1.807) is 0 Å². The zero-order valence-electron chi connectivity index (χ0n) is 34.8. The van der Waals surface area contributed by atoms with Gasteiger partial charge in [0.25, 0.3) is 0 Å². The largest absolute Gasteiger partial charge is 0.456 e. The summed E-state index contributed by atoms with van der Waals surface area (Å²) in [5.41, 5.74) is 8.51. The quantitative estimate of drug-likeness (QED) is 0.118. The van der Waals surface area contributed by atoms with Crippen molar-refractivity contribution in [3.63, 3.8) is 0 Å². The highest BCUT2D eigenvalue weighted by molar-refractivity contribution is 7.20. The molecule has 64 heavy (non-hydrogen) atoms. The molecule has 0 unspecified atom stereocenters. The predicted octanol–water partition coefficient (Wildman–Crippen LogP) is 12.2. The summed E-state index contributed by atoms with van der Waals surface area (Å²) in [7, 11) is -3.09. The minimum Gasteiger partial charge on any atom is -0.456 e. The molecule has 0 saturated heterocycles. The Bertz CT molecular complexity index is 3640. The summed E-state index contributed by atoms with van der Waals surface area (Å²) >= 11 is 0. The molecule has 0 radical (unpaired) electrons. The second-order valence-electron chi connectivity index (χ2n) is 16.7. The second-order valence-corrected chi connectivity index (χ2v) is 20.4. The van der Waals surface area contributed by atoms with E-state index in [-0.39, 0.29) is 0 Å². The number of para-hydroxylation sites is 6. The highest BCUT2D eigenvalue weighted by Gasteiger charge is 2.44. The van der Waals surface area contributed by atoms with Gasteiger partial charge in [-0.2, -0.15) is 0 Å². The lowest BCUT2D eigenvalue weighted by Gasteiger charge is -2.34. The minimum atomic E-state index is -3.09. The van der Waals surface area contributed by atoms with Crippen LogP contribution in [0.15, 0.2) is 241 Å². The number of hydrogen-bond donors (Lipinski definition) is 0. The number of furan rings is 1. The van der Waals surface area contributed by atoms with Gasteiger partial charge in [0.05, 0.1) is 22.1 Å². The maximum absolute atomic E-state index is 6.94. The van der Waals surface area contributed by atoms with E-state index >= 15 is 0 Å². The van der Waals surface area contributed by atoms with Crippen LogP contribution in [0.2, 0.25) is 0 Å². The van der Waals surface area contributed by atoms with E-state index in [4.69, 9.17) is 9.40 Å². The SMILES string of the molecule is c1ccc([Si](c2ccccc2)(c2cccc(-c3cc(-n4c5ccccc5c5ccccc54)nc(-n4c5ccccc5c5ccccc54)c3)c2)c2cccc3c2oc2ccccc23)cc1. The van der Waals surface area contributed by atoms with Crippen molar-refractivity contribution < 1.29 is 4.42 Å². The Hall–Kier alpha value is -8.25. The number of benzene rings is 9. The number of rotatable bonds is 7. The van der Waals surface area contributed by atoms with Gasteiger partial charge in [-0.15, -0.1) is 0 Å². The van der Waals surface area contributed by atoms with Gasteiger partial charge in [0, 0.05) is 32.3 Å². The third-order valence-corrected chi connectivity index (χ3v) is 18.0. The summed E-state index contributed by atoms with van der Waals surface area (Å²) in [6.07, 6.45) is 0. The first-order chi connectivity index (χ1) is 31.8. The number of aromatic nitrogens is 3. The van der Waals surface area contributed by atoms with E-state index in [0.717, 1.165) is 66.8 Å². The van der Waals surface area contributed by atoms with E-state index in [1.807, 2.05) is 0 Å². The Morgan fingerprint density at radius 2 is 0.750 bits per heavy atom. The third kappa shape index (κ3) is 5.38. The van der Waals surface area contributed by atoms with Crippen LogP contribution in [0.5, 0.6) is 0 Å². The molecule has 300 valence electrons. The van der Waals surface area contributed by atoms with Crippen LogP contribution in [0.4, 0.5) is 0 Å². The van der Waals surface area contributed by atoms with Crippen molar-refractivity contribution in [1.82, 2.24) is 14.1 Å². The fraction of sp³-hybridized carbons (Fsp3) is 0. The summed E-state index contributed by atoms with van der Waals surface area (Å²) in [6.45, 7) is 0. The molecule has 5 heteroatoms. The van der Waals surface area contributed by atoms with E-state index in [1.165, 1.54) is 42.3 Å². The molecule has 9 aromatic carbocycles. The van der Waals surface area contributed by atoms with Crippen molar-refractivity contribution in [1.29, 1.82) is 0 Å². The molecule has 13 aromatic rings. The topological polar surface area (TPSA) is 35.9 Å². The molecule has 0 aliphatic heterocycles. The number of hydrogen-bond acceptors (Lipinski definition) is 2. The van der Waals surface area contributed by atoms with Gasteiger partial charge < -0.3 is 4.42 Å². The molecule has 0 aliphatic rings. The minimum absolute atomic E-state index is 0.860. The monoisotopic (exact) mass is 833 g/mol. The molecule has 4 aromatic heterocycles. The lowest BCUT2D eigenvalue weighted by molar-refractivity contribution is 0.671. The van der Waals surface area contributed by atoms with Crippen LogP contribution in [0.1, 0.15) is 0 Å². The fourth-order valence-electron chi connectivity index (χ4n) is 10.6. The number of fused-ring (bicyclic) bond motifs is 9. The molecule has 4 nitrogen and oxygen atoms in total. The van der Waals surface area contributed by atoms with E-state index < -0.39 is 8.07 Å². The Labute approximate surface area is 370 Å². The summed E-state index contributed by atoms with van der Waals surface area (Å²) in [4.78, 5) is 5.64. The molecule has 0 atom stereocenters. The van der Waals surface area contributed by atoms with Crippen LogP contribution in [0.3, 0.4) is 0 Å². The van der Waals surface area contributed by atoms with Crippen LogP contribution >= 0.6 is 0 Å². The van der Waals surface area contributed by atoms with Crippen LogP contribution in [0.25, 0.3) is 88.3 Å². The van der Waals surface area contributed by atoms with Gasteiger partial charge in [0.2, 0.25) is 0 Å². The second kappa shape index (κ2) is 14.4. The zero-order chi connectivity index (χ0) is 42.2. The maximum atomic E-state index is 6.94. The van der Waals surface area contributed by atoms with Gasteiger partial charge in [-0.25, -0.2) is 4.98 Å². The van der Waals surface area contributed by atoms with Crippen molar-refractivity contribution in [2.75, 3.05) is 0 Å². The summed E-state index contributed by atoms with van der Waals surface area (Å²) in [6, 6.07) is 86.0. The van der Waals surface area contributed by atoms with Crippen LogP contribution in [0, 0.1) is 0 Å². The molecule has 13 rings (SSSR count). The average Bonchev–Trinajstić information content (AvgIpc) is 4.03. The highest BCUT2D eigenvalue weighted by atomic mass is 28.3. The van der Waals surface area contributed by atoms with Crippen LogP contribution in [-0.4, -0.2) is 22.2 Å². The smallest absolute Gasteiger partial charge is 0.184 e. The summed E-state index contributed by atoms with van der Waals surface area (Å²) < 4.78 is 11.6. The molecule has 0 aliphatic carbocycles. The van der Waals surface area contributed by atoms with Crippen LogP contribution in [-0.2, 0) is 0 Å². The molecular formula is C59H39N3OSi. The normalized spacial score (nSPS) is 12.1. The maximum Gasteiger partial charge on any atom is 0.184 e. The van der Waals surface area contributed by atoms with Gasteiger partial charge in [-0.1, -0.05) is 194 Å². The Balaban J connectivity index is 1.13. The van der Waals surface area contributed by atoms with Crippen LogP contribution < -0.4 is 20.7 Å². The van der Waals surface area contributed by atoms with E-state index in [9.17, 15) is 0 Å². The van der Waals surface area contributed by atoms with Gasteiger partial charge >= 0.3 is 0 Å². The zero-order valence-corrected chi connectivity index (χ0v) is 35.8. The van der Waals surface area contributed by atoms with E-state index in [2.05, 4.69) is 246 Å². The Morgan fingerprint density at radius 1 is 0.328 bits per heavy atom. The number of nitrogens with zero attached hydrogens (tertiary/aromatic N) is 3. The van der Waals surface area contributed by atoms with Gasteiger partial charge in [-0.05, 0) is 74.3 Å². The molecule has 0 saturated carbocycles. The average molecular weight is 834 g/mol. The highest BCUT2D eigenvalue weighted by Crippen LogP contribution is 2.37. The van der Waals surface area contributed by atoms with Gasteiger partial charge in [0.1, 0.15) is 22.8 Å². The first kappa shape index (κ1) is 36.4. The molecule has 0 fully saturated rings. The molecule has 4 heterocycles. The Kier molecular flexibility index (Phi) is 8.20. The molecule has 0 bridgehead atoms. The molecule has 0 N–H and O–H groups in total. The molecular weight excluding hydrogens is 795 g/mol. The summed E-state index contributed by atoms with van der Waals surface area (Å²) in [5.74, 6) is 1.72.